The summed E-state index contributed by atoms with van der Waals surface area (Å²) in [5, 5.41) is 0. The SMILES string of the molecule is C=CC(=O)OCCS(=O)(=O)Cl. The average Bonchev–Trinajstić information content (AvgIpc) is 1.85. The van der Waals surface area contributed by atoms with Gasteiger partial charge in [0.2, 0.25) is 9.05 Å². The highest BCUT2D eigenvalue weighted by atomic mass is 35.7. The van der Waals surface area contributed by atoms with Crippen LogP contribution in [0.4, 0.5) is 0 Å². The van der Waals surface area contributed by atoms with E-state index in [0.717, 1.165) is 6.08 Å². The maximum Gasteiger partial charge on any atom is 0.330 e. The second kappa shape index (κ2) is 4.35. The van der Waals surface area contributed by atoms with Gasteiger partial charge in [-0.1, -0.05) is 6.58 Å². The Hall–Kier alpha value is -0.550. The van der Waals surface area contributed by atoms with E-state index < -0.39 is 15.0 Å². The summed E-state index contributed by atoms with van der Waals surface area (Å²) in [5.74, 6) is -1.04. The maximum atomic E-state index is 10.3. The lowest BCUT2D eigenvalue weighted by molar-refractivity contribution is -0.137. The molecular formula is C5H7ClO4S. The number of esters is 1. The molecule has 0 saturated carbocycles. The van der Waals surface area contributed by atoms with Gasteiger partial charge < -0.3 is 4.74 Å². The normalized spacial score (nSPS) is 10.6. The van der Waals surface area contributed by atoms with Crippen LogP contribution in [0.1, 0.15) is 0 Å². The molecule has 0 bridgehead atoms. The van der Waals surface area contributed by atoms with Crippen molar-refractivity contribution in [1.29, 1.82) is 0 Å². The molecule has 0 atom stereocenters. The molecule has 4 nitrogen and oxygen atoms in total. The molecule has 11 heavy (non-hydrogen) atoms. The monoisotopic (exact) mass is 198 g/mol. The number of halogens is 1. The van der Waals surface area contributed by atoms with Gasteiger partial charge in [0, 0.05) is 16.8 Å². The van der Waals surface area contributed by atoms with Gasteiger partial charge in [0.15, 0.2) is 0 Å². The quantitative estimate of drug-likeness (QED) is 0.370. The second-order valence-electron chi connectivity index (χ2n) is 1.61. The number of carbonyl (C=O) groups excluding carboxylic acids is 1. The molecule has 0 radical (unpaired) electrons. The number of carbonyl (C=O) groups is 1. The van der Waals surface area contributed by atoms with Crippen LogP contribution >= 0.6 is 10.7 Å². The van der Waals surface area contributed by atoms with Gasteiger partial charge in [-0.05, 0) is 0 Å². The molecule has 0 aromatic rings. The minimum Gasteiger partial charge on any atom is -0.461 e. The first-order valence-corrected chi connectivity index (χ1v) is 5.15. The first-order valence-electron chi connectivity index (χ1n) is 2.67. The molecule has 6 heteroatoms. The topological polar surface area (TPSA) is 60.4 Å². The van der Waals surface area contributed by atoms with Crippen LogP contribution in [0, 0.1) is 0 Å². The molecule has 0 unspecified atom stereocenters. The highest BCUT2D eigenvalue weighted by Gasteiger charge is 2.05. The fourth-order valence-corrected chi connectivity index (χ4v) is 0.772. The summed E-state index contributed by atoms with van der Waals surface area (Å²) in [5.41, 5.74) is 0. The minimum atomic E-state index is -3.57. The molecule has 64 valence electrons. The first kappa shape index (κ1) is 10.4. The standard InChI is InChI=1S/C5H7ClO4S/c1-2-5(7)10-3-4-11(6,8)9/h2H,1,3-4H2. The number of hydrogen-bond acceptors (Lipinski definition) is 4. The minimum absolute atomic E-state index is 0.239. The zero-order valence-corrected chi connectivity index (χ0v) is 7.19. The van der Waals surface area contributed by atoms with Crippen molar-refractivity contribution >= 4 is 25.7 Å². The predicted octanol–water partition coefficient (Wildman–Crippen LogP) is 0.284. The van der Waals surface area contributed by atoms with Crippen LogP contribution < -0.4 is 0 Å². The van der Waals surface area contributed by atoms with Gasteiger partial charge in [0.25, 0.3) is 0 Å². The van der Waals surface area contributed by atoms with E-state index in [4.69, 9.17) is 10.7 Å². The summed E-state index contributed by atoms with van der Waals surface area (Å²) < 4.78 is 24.8. The van der Waals surface area contributed by atoms with Crippen LogP contribution in [-0.2, 0) is 18.6 Å². The number of ether oxygens (including phenoxy) is 1. The molecule has 0 heterocycles. The Morgan fingerprint density at radius 1 is 1.64 bits per heavy atom. The summed E-state index contributed by atoms with van der Waals surface area (Å²) in [6.07, 6.45) is 0.945. The van der Waals surface area contributed by atoms with E-state index in [0.29, 0.717) is 0 Å². The smallest absolute Gasteiger partial charge is 0.330 e. The van der Waals surface area contributed by atoms with Crippen molar-refractivity contribution in [3.63, 3.8) is 0 Å². The van der Waals surface area contributed by atoms with Gasteiger partial charge >= 0.3 is 5.97 Å². The Morgan fingerprint density at radius 3 is 2.55 bits per heavy atom. The van der Waals surface area contributed by atoms with Gasteiger partial charge in [0.1, 0.15) is 6.61 Å². The third-order valence-corrected chi connectivity index (χ3v) is 1.86. The van der Waals surface area contributed by atoms with E-state index in [1.807, 2.05) is 0 Å². The fraction of sp³-hybridized carbons (Fsp3) is 0.400. The molecule has 0 N–H and O–H groups in total. The number of rotatable bonds is 4. The molecule has 0 amide bonds. The molecular weight excluding hydrogens is 192 g/mol. The van der Waals surface area contributed by atoms with Gasteiger partial charge in [-0.25, -0.2) is 13.2 Å². The zero-order chi connectivity index (χ0) is 8.91. The van der Waals surface area contributed by atoms with E-state index in [9.17, 15) is 13.2 Å². The largest absolute Gasteiger partial charge is 0.461 e. The van der Waals surface area contributed by atoms with E-state index in [2.05, 4.69) is 11.3 Å². The molecule has 0 aromatic carbocycles. The average molecular weight is 199 g/mol. The van der Waals surface area contributed by atoms with Crippen LogP contribution in [0.15, 0.2) is 12.7 Å². The summed E-state index contributed by atoms with van der Waals surface area (Å²) in [4.78, 5) is 10.3. The lowest BCUT2D eigenvalue weighted by atomic mass is 10.6. The van der Waals surface area contributed by atoms with Gasteiger partial charge in [0.05, 0.1) is 5.75 Å². The van der Waals surface area contributed by atoms with Crippen LogP contribution in [0.25, 0.3) is 0 Å². The van der Waals surface area contributed by atoms with Gasteiger partial charge in [-0.3, -0.25) is 0 Å². The maximum absolute atomic E-state index is 10.3. The van der Waals surface area contributed by atoms with Gasteiger partial charge in [-0.15, -0.1) is 0 Å². The molecule has 0 aliphatic heterocycles. The van der Waals surface area contributed by atoms with Crippen LogP contribution in [0.3, 0.4) is 0 Å². The molecule has 0 aliphatic rings. The van der Waals surface area contributed by atoms with Crippen LogP contribution in [-0.4, -0.2) is 26.7 Å². The lowest BCUT2D eigenvalue weighted by Gasteiger charge is -1.97. The van der Waals surface area contributed by atoms with Crippen molar-refractivity contribution in [3.05, 3.63) is 12.7 Å². The van der Waals surface area contributed by atoms with Crippen molar-refractivity contribution in [1.82, 2.24) is 0 Å². The van der Waals surface area contributed by atoms with Crippen molar-refractivity contribution < 1.29 is 17.9 Å². The molecule has 0 rings (SSSR count). The third-order valence-electron chi connectivity index (χ3n) is 0.738. The van der Waals surface area contributed by atoms with Crippen molar-refractivity contribution in [2.45, 2.75) is 0 Å². The Morgan fingerprint density at radius 2 is 2.18 bits per heavy atom. The molecule has 0 spiro atoms. The molecule has 0 fully saturated rings. The first-order chi connectivity index (χ1) is 4.95. The lowest BCUT2D eigenvalue weighted by Crippen LogP contribution is -2.09. The zero-order valence-electron chi connectivity index (χ0n) is 5.62. The Kier molecular flexibility index (Phi) is 4.14. The fourth-order valence-electron chi connectivity index (χ4n) is 0.301. The van der Waals surface area contributed by atoms with E-state index in [-0.39, 0.29) is 12.4 Å². The second-order valence-corrected chi connectivity index (χ2v) is 4.51. The highest BCUT2D eigenvalue weighted by molar-refractivity contribution is 8.13. The summed E-state index contributed by atoms with van der Waals surface area (Å²) in [6.45, 7) is 2.88. The molecule has 0 aromatic heterocycles. The Balaban J connectivity index is 3.59. The van der Waals surface area contributed by atoms with Crippen molar-refractivity contribution in [2.75, 3.05) is 12.4 Å². The van der Waals surface area contributed by atoms with Crippen LogP contribution in [0.2, 0.25) is 0 Å². The van der Waals surface area contributed by atoms with E-state index >= 15 is 0 Å². The summed E-state index contributed by atoms with van der Waals surface area (Å²) in [6, 6.07) is 0. The Bertz CT molecular complexity index is 243. The predicted molar refractivity (Wildman–Crippen MR) is 40.8 cm³/mol. The summed E-state index contributed by atoms with van der Waals surface area (Å²) >= 11 is 0. The highest BCUT2D eigenvalue weighted by Crippen LogP contribution is 1.95. The van der Waals surface area contributed by atoms with Crippen molar-refractivity contribution in [2.24, 2.45) is 0 Å². The van der Waals surface area contributed by atoms with Gasteiger partial charge in [-0.2, -0.15) is 0 Å². The van der Waals surface area contributed by atoms with Crippen LogP contribution in [0.5, 0.6) is 0 Å². The Labute approximate surface area is 69.2 Å². The van der Waals surface area contributed by atoms with E-state index in [1.165, 1.54) is 0 Å². The molecule has 0 saturated heterocycles. The molecule has 0 aliphatic carbocycles. The summed E-state index contributed by atoms with van der Waals surface area (Å²) in [7, 11) is 1.25. The van der Waals surface area contributed by atoms with Crippen molar-refractivity contribution in [3.8, 4) is 0 Å². The third kappa shape index (κ3) is 7.35. The number of hydrogen-bond donors (Lipinski definition) is 0. The van der Waals surface area contributed by atoms with E-state index in [1.54, 1.807) is 0 Å².